The summed E-state index contributed by atoms with van der Waals surface area (Å²) in [5.74, 6) is -3.39. The van der Waals surface area contributed by atoms with Crippen molar-refractivity contribution < 1.29 is 23.5 Å². The van der Waals surface area contributed by atoms with Crippen molar-refractivity contribution in [2.75, 3.05) is 0 Å². The van der Waals surface area contributed by atoms with Crippen LogP contribution in [0.25, 0.3) is 0 Å². The van der Waals surface area contributed by atoms with Crippen LogP contribution in [0.5, 0.6) is 0 Å². The summed E-state index contributed by atoms with van der Waals surface area (Å²) in [4.78, 5) is 24.7. The zero-order valence-corrected chi connectivity index (χ0v) is 17.4. The monoisotopic (exact) mass is 399 g/mol. The average Bonchev–Trinajstić information content (AvgIpc) is 2.95. The number of ether oxygens (including phenoxy) is 2. The number of hydrogen-bond donors (Lipinski definition) is 0. The quantitative estimate of drug-likeness (QED) is 0.548. The first-order chi connectivity index (χ1) is 13.5. The third-order valence-corrected chi connectivity index (χ3v) is 5.68. The van der Waals surface area contributed by atoms with Gasteiger partial charge in [0, 0.05) is 0 Å². The highest BCUT2D eigenvalue weighted by Crippen LogP contribution is 2.60. The number of rotatable bonds is 4. The van der Waals surface area contributed by atoms with E-state index in [9.17, 15) is 19.2 Å². The molecule has 6 heteroatoms. The Morgan fingerprint density at radius 1 is 1.31 bits per heavy atom. The molecule has 1 aromatic carbocycles. The lowest BCUT2D eigenvalue weighted by Gasteiger charge is -2.18. The first kappa shape index (κ1) is 21.0. The molecule has 3 atom stereocenters. The van der Waals surface area contributed by atoms with E-state index < -0.39 is 46.7 Å². The van der Waals surface area contributed by atoms with E-state index in [2.05, 4.69) is 6.07 Å². The summed E-state index contributed by atoms with van der Waals surface area (Å²) in [7, 11) is 0. The van der Waals surface area contributed by atoms with Gasteiger partial charge < -0.3 is 9.47 Å². The van der Waals surface area contributed by atoms with Crippen molar-refractivity contribution in [3.05, 3.63) is 46.8 Å². The Morgan fingerprint density at radius 2 is 2.00 bits per heavy atom. The SMILES string of the molecule is CC(C)(C)OC(=O)/C(F)=C\[C@@H]1[C@@H](C(=O)O[C@@H]2CCc3c(C#N)cccc32)C1(C)C. The van der Waals surface area contributed by atoms with Crippen molar-refractivity contribution in [3.8, 4) is 6.07 Å². The summed E-state index contributed by atoms with van der Waals surface area (Å²) in [5.41, 5.74) is 1.09. The van der Waals surface area contributed by atoms with E-state index in [0.717, 1.165) is 11.1 Å². The molecule has 154 valence electrons. The molecule has 0 unspecified atom stereocenters. The Morgan fingerprint density at radius 3 is 2.62 bits per heavy atom. The predicted molar refractivity (Wildman–Crippen MR) is 104 cm³/mol. The van der Waals surface area contributed by atoms with E-state index in [0.29, 0.717) is 18.4 Å². The highest BCUT2D eigenvalue weighted by atomic mass is 19.1. The first-order valence-corrected chi connectivity index (χ1v) is 9.78. The molecule has 1 fully saturated rings. The maximum Gasteiger partial charge on any atom is 0.367 e. The molecule has 0 bridgehead atoms. The number of halogens is 1. The van der Waals surface area contributed by atoms with Gasteiger partial charge in [-0.25, -0.2) is 4.79 Å². The number of benzene rings is 1. The van der Waals surface area contributed by atoms with Crippen LogP contribution in [0.4, 0.5) is 4.39 Å². The minimum Gasteiger partial charge on any atom is -0.457 e. The summed E-state index contributed by atoms with van der Waals surface area (Å²) < 4.78 is 25.1. The van der Waals surface area contributed by atoms with E-state index in [1.54, 1.807) is 32.9 Å². The van der Waals surface area contributed by atoms with Crippen molar-refractivity contribution in [2.45, 2.75) is 59.2 Å². The molecule has 0 aromatic heterocycles. The van der Waals surface area contributed by atoms with Crippen LogP contribution < -0.4 is 0 Å². The largest absolute Gasteiger partial charge is 0.457 e. The third-order valence-electron chi connectivity index (χ3n) is 5.68. The summed E-state index contributed by atoms with van der Waals surface area (Å²) in [5, 5.41) is 9.23. The molecule has 0 N–H and O–H groups in total. The lowest BCUT2D eigenvalue weighted by molar-refractivity contribution is -0.153. The number of fused-ring (bicyclic) bond motifs is 1. The maximum absolute atomic E-state index is 14.3. The van der Waals surface area contributed by atoms with Gasteiger partial charge in [0.05, 0.1) is 17.6 Å². The third kappa shape index (κ3) is 4.19. The Labute approximate surface area is 170 Å². The standard InChI is InChI=1S/C23H26FNO4/c1-22(2,3)29-20(26)17(24)11-16-19(23(16,4)5)21(27)28-18-10-9-14-13(12-25)7-6-8-15(14)18/h6-8,11,16,18-19H,9-10H2,1-5H3/b17-11+/t16-,18-,19+/m1/s1. The predicted octanol–water partition coefficient (Wildman–Crippen LogP) is 4.56. The number of carbonyl (C=O) groups is 2. The van der Waals surface area contributed by atoms with Gasteiger partial charge in [-0.1, -0.05) is 26.0 Å². The maximum atomic E-state index is 14.3. The van der Waals surface area contributed by atoms with Gasteiger partial charge >= 0.3 is 11.9 Å². The molecule has 0 radical (unpaired) electrons. The molecule has 3 rings (SSSR count). The van der Waals surface area contributed by atoms with Crippen LogP contribution in [0, 0.1) is 28.6 Å². The second-order valence-corrected chi connectivity index (χ2v) is 9.29. The van der Waals surface area contributed by atoms with Gasteiger partial charge in [-0.2, -0.15) is 9.65 Å². The van der Waals surface area contributed by atoms with E-state index >= 15 is 0 Å². The molecule has 0 heterocycles. The van der Waals surface area contributed by atoms with Crippen molar-refractivity contribution in [2.24, 2.45) is 17.3 Å². The second kappa shape index (κ2) is 7.29. The van der Waals surface area contributed by atoms with Gasteiger partial charge in [0.1, 0.15) is 11.7 Å². The first-order valence-electron chi connectivity index (χ1n) is 9.78. The van der Waals surface area contributed by atoms with E-state index in [4.69, 9.17) is 9.47 Å². The fourth-order valence-corrected chi connectivity index (χ4v) is 4.05. The number of esters is 2. The van der Waals surface area contributed by atoms with Crippen LogP contribution in [0.3, 0.4) is 0 Å². The fourth-order valence-electron chi connectivity index (χ4n) is 4.05. The highest BCUT2D eigenvalue weighted by Gasteiger charge is 2.62. The minimum atomic E-state index is -1.03. The Kier molecular flexibility index (Phi) is 5.29. The van der Waals surface area contributed by atoms with Crippen LogP contribution in [-0.2, 0) is 25.5 Å². The van der Waals surface area contributed by atoms with Crippen molar-refractivity contribution >= 4 is 11.9 Å². The average molecular weight is 399 g/mol. The summed E-state index contributed by atoms with van der Waals surface area (Å²) in [6.07, 6.45) is 2.08. The van der Waals surface area contributed by atoms with E-state index in [1.165, 1.54) is 6.08 Å². The molecule has 1 aromatic rings. The topological polar surface area (TPSA) is 76.4 Å². The summed E-state index contributed by atoms with van der Waals surface area (Å²) in [6.45, 7) is 8.68. The molecular formula is C23H26FNO4. The smallest absolute Gasteiger partial charge is 0.367 e. The van der Waals surface area contributed by atoms with Crippen LogP contribution in [0.15, 0.2) is 30.1 Å². The van der Waals surface area contributed by atoms with E-state index in [-0.39, 0.29) is 0 Å². The Bertz CT molecular complexity index is 920. The lowest BCUT2D eigenvalue weighted by atomic mass is 10.0. The van der Waals surface area contributed by atoms with Gasteiger partial charge in [-0.05, 0) is 68.2 Å². The Hall–Kier alpha value is -2.68. The number of carbonyl (C=O) groups excluding carboxylic acids is 2. The van der Waals surface area contributed by atoms with Crippen molar-refractivity contribution in [1.82, 2.24) is 0 Å². The normalized spacial score (nSPS) is 25.0. The number of nitrogens with zero attached hydrogens (tertiary/aromatic N) is 1. The summed E-state index contributed by atoms with van der Waals surface area (Å²) >= 11 is 0. The molecule has 5 nitrogen and oxygen atoms in total. The molecular weight excluding hydrogens is 373 g/mol. The molecule has 0 saturated heterocycles. The van der Waals surface area contributed by atoms with Crippen LogP contribution in [-0.4, -0.2) is 17.5 Å². The number of nitriles is 1. The molecule has 29 heavy (non-hydrogen) atoms. The number of hydrogen-bond acceptors (Lipinski definition) is 5. The fraction of sp³-hybridized carbons (Fsp3) is 0.522. The number of allylic oxidation sites excluding steroid dienone is 1. The Balaban J connectivity index is 1.70. The van der Waals surface area contributed by atoms with Crippen LogP contribution in [0.2, 0.25) is 0 Å². The molecule has 0 amide bonds. The molecule has 0 aliphatic heterocycles. The zero-order chi connectivity index (χ0) is 21.6. The van der Waals surface area contributed by atoms with Crippen LogP contribution in [0.1, 0.15) is 63.8 Å². The van der Waals surface area contributed by atoms with Gasteiger partial charge in [-0.3, -0.25) is 4.79 Å². The second-order valence-electron chi connectivity index (χ2n) is 9.29. The van der Waals surface area contributed by atoms with Crippen LogP contribution >= 0.6 is 0 Å². The van der Waals surface area contributed by atoms with Gasteiger partial charge in [-0.15, -0.1) is 0 Å². The zero-order valence-electron chi connectivity index (χ0n) is 17.4. The van der Waals surface area contributed by atoms with Gasteiger partial charge in [0.2, 0.25) is 5.83 Å². The van der Waals surface area contributed by atoms with Gasteiger partial charge in [0.15, 0.2) is 0 Å². The molecule has 2 aliphatic rings. The van der Waals surface area contributed by atoms with Crippen molar-refractivity contribution in [3.63, 3.8) is 0 Å². The molecule has 0 spiro atoms. The van der Waals surface area contributed by atoms with Crippen molar-refractivity contribution in [1.29, 1.82) is 5.26 Å². The lowest BCUT2D eigenvalue weighted by Crippen LogP contribution is -2.24. The highest BCUT2D eigenvalue weighted by molar-refractivity contribution is 5.87. The van der Waals surface area contributed by atoms with E-state index in [1.807, 2.05) is 19.9 Å². The molecule has 1 saturated carbocycles. The molecule has 2 aliphatic carbocycles. The summed E-state index contributed by atoms with van der Waals surface area (Å²) in [6, 6.07) is 7.59. The van der Waals surface area contributed by atoms with Gasteiger partial charge in [0.25, 0.3) is 0 Å². The minimum absolute atomic E-state index is 0.400.